The molecule has 0 aliphatic heterocycles. The Morgan fingerprint density at radius 2 is 1.28 bits per heavy atom. The largest absolute Gasteiger partial charge is 0.494 e. The van der Waals surface area contributed by atoms with E-state index in [2.05, 4.69) is 10.6 Å². The predicted octanol–water partition coefficient (Wildman–Crippen LogP) is 1.62. The Hall–Kier alpha value is -2.24. The van der Waals surface area contributed by atoms with Crippen LogP contribution in [-0.2, 0) is 9.59 Å². The second-order valence-corrected chi connectivity index (χ2v) is 3.62. The van der Waals surface area contributed by atoms with Crippen LogP contribution in [-0.4, -0.2) is 26.0 Å². The number of ether oxygens (including phenoxy) is 2. The summed E-state index contributed by atoms with van der Waals surface area (Å²) < 4.78 is 10.3. The van der Waals surface area contributed by atoms with Crippen molar-refractivity contribution in [3.05, 3.63) is 12.1 Å². The van der Waals surface area contributed by atoms with Gasteiger partial charge >= 0.3 is 0 Å². The first-order valence-corrected chi connectivity index (χ1v) is 5.29. The second-order valence-electron chi connectivity index (χ2n) is 3.62. The lowest BCUT2D eigenvalue weighted by Gasteiger charge is -2.15. The molecule has 6 nitrogen and oxygen atoms in total. The summed E-state index contributed by atoms with van der Waals surface area (Å²) in [5.74, 6) is 0.451. The molecule has 98 valence electrons. The van der Waals surface area contributed by atoms with Gasteiger partial charge in [0.25, 0.3) is 0 Å². The van der Waals surface area contributed by atoms with Crippen LogP contribution in [0.1, 0.15) is 13.8 Å². The molecule has 0 spiro atoms. The maximum Gasteiger partial charge on any atom is 0.221 e. The van der Waals surface area contributed by atoms with Gasteiger partial charge in [-0.15, -0.1) is 0 Å². The Labute approximate surface area is 105 Å². The van der Waals surface area contributed by atoms with Crippen LogP contribution in [0.25, 0.3) is 0 Å². The average Bonchev–Trinajstić information content (AvgIpc) is 2.28. The van der Waals surface area contributed by atoms with Gasteiger partial charge < -0.3 is 20.1 Å². The molecule has 0 radical (unpaired) electrons. The lowest BCUT2D eigenvalue weighted by molar-refractivity contribution is -0.115. The van der Waals surface area contributed by atoms with Crippen LogP contribution in [0.2, 0.25) is 0 Å². The molecule has 0 atom stereocenters. The van der Waals surface area contributed by atoms with Gasteiger partial charge in [-0.1, -0.05) is 0 Å². The third-order valence-electron chi connectivity index (χ3n) is 2.14. The van der Waals surface area contributed by atoms with Gasteiger partial charge in [-0.2, -0.15) is 0 Å². The summed E-state index contributed by atoms with van der Waals surface area (Å²) in [4.78, 5) is 22.2. The van der Waals surface area contributed by atoms with Gasteiger partial charge in [-0.25, -0.2) is 0 Å². The zero-order valence-corrected chi connectivity index (χ0v) is 10.8. The molecule has 1 aromatic carbocycles. The lowest BCUT2D eigenvalue weighted by atomic mass is 10.2. The van der Waals surface area contributed by atoms with Crippen LogP contribution < -0.4 is 20.1 Å². The Bertz CT molecular complexity index is 432. The molecule has 0 fully saturated rings. The maximum absolute atomic E-state index is 11.1. The number of carbonyl (C=O) groups is 2. The van der Waals surface area contributed by atoms with Crippen molar-refractivity contribution in [2.75, 3.05) is 24.9 Å². The number of amides is 2. The van der Waals surface area contributed by atoms with Crippen LogP contribution in [0.5, 0.6) is 11.5 Å². The van der Waals surface area contributed by atoms with Gasteiger partial charge in [0.2, 0.25) is 11.8 Å². The molecule has 0 heterocycles. The summed E-state index contributed by atoms with van der Waals surface area (Å²) in [6.07, 6.45) is 0. The number of benzene rings is 1. The molecule has 2 N–H and O–H groups in total. The lowest BCUT2D eigenvalue weighted by Crippen LogP contribution is -2.11. The highest BCUT2D eigenvalue weighted by molar-refractivity contribution is 5.95. The van der Waals surface area contributed by atoms with Crippen molar-refractivity contribution in [1.29, 1.82) is 0 Å². The molecule has 0 saturated carbocycles. The van der Waals surface area contributed by atoms with Crippen molar-refractivity contribution in [3.8, 4) is 11.5 Å². The number of hydrogen-bond donors (Lipinski definition) is 2. The van der Waals surface area contributed by atoms with Crippen LogP contribution >= 0.6 is 0 Å². The van der Waals surface area contributed by atoms with E-state index in [9.17, 15) is 9.59 Å². The highest BCUT2D eigenvalue weighted by atomic mass is 16.5. The zero-order valence-electron chi connectivity index (χ0n) is 10.8. The standard InChI is InChI=1S/C12H16N2O4/c1-7(15)13-9-5-10(14-8(2)16)12(18-4)6-11(9)17-3/h5-6H,1-4H3,(H,13,15)(H,14,16). The summed E-state index contributed by atoms with van der Waals surface area (Å²) in [6, 6.07) is 3.18. The van der Waals surface area contributed by atoms with Gasteiger partial charge in [-0.05, 0) is 6.07 Å². The molecular weight excluding hydrogens is 236 g/mol. The number of methoxy groups -OCH3 is 2. The van der Waals surface area contributed by atoms with Crippen molar-refractivity contribution in [3.63, 3.8) is 0 Å². The second kappa shape index (κ2) is 5.90. The van der Waals surface area contributed by atoms with Gasteiger partial charge in [-0.3, -0.25) is 9.59 Å². The molecule has 0 saturated heterocycles. The molecule has 1 aromatic rings. The van der Waals surface area contributed by atoms with Crippen molar-refractivity contribution >= 4 is 23.2 Å². The minimum Gasteiger partial charge on any atom is -0.494 e. The molecule has 6 heteroatoms. The zero-order chi connectivity index (χ0) is 13.7. The number of nitrogens with one attached hydrogen (secondary N) is 2. The van der Waals surface area contributed by atoms with E-state index in [1.54, 1.807) is 12.1 Å². The fourth-order valence-corrected chi connectivity index (χ4v) is 1.47. The molecule has 0 aliphatic rings. The quantitative estimate of drug-likeness (QED) is 0.853. The van der Waals surface area contributed by atoms with Crippen molar-refractivity contribution in [2.24, 2.45) is 0 Å². The van der Waals surface area contributed by atoms with E-state index in [0.29, 0.717) is 22.9 Å². The molecule has 18 heavy (non-hydrogen) atoms. The summed E-state index contributed by atoms with van der Waals surface area (Å²) in [5.41, 5.74) is 0.934. The number of carbonyl (C=O) groups excluding carboxylic acids is 2. The van der Waals surface area contributed by atoms with Crippen LogP contribution in [0, 0.1) is 0 Å². The first kappa shape index (κ1) is 13.8. The topological polar surface area (TPSA) is 76.7 Å². The third-order valence-corrected chi connectivity index (χ3v) is 2.14. The Morgan fingerprint density at radius 3 is 1.56 bits per heavy atom. The molecule has 0 aromatic heterocycles. The summed E-state index contributed by atoms with van der Waals surface area (Å²) in [6.45, 7) is 2.78. The Balaban J connectivity index is 3.23. The summed E-state index contributed by atoms with van der Waals surface area (Å²) in [5, 5.41) is 5.24. The van der Waals surface area contributed by atoms with Crippen LogP contribution in [0.15, 0.2) is 12.1 Å². The minimum atomic E-state index is -0.229. The predicted molar refractivity (Wildman–Crippen MR) is 68.2 cm³/mol. The van der Waals surface area contributed by atoms with Crippen molar-refractivity contribution < 1.29 is 19.1 Å². The van der Waals surface area contributed by atoms with E-state index < -0.39 is 0 Å². The summed E-state index contributed by atoms with van der Waals surface area (Å²) >= 11 is 0. The van der Waals surface area contributed by atoms with Gasteiger partial charge in [0, 0.05) is 19.9 Å². The monoisotopic (exact) mass is 252 g/mol. The minimum absolute atomic E-state index is 0.229. The molecular formula is C12H16N2O4. The first-order valence-electron chi connectivity index (χ1n) is 5.29. The van der Waals surface area contributed by atoms with Crippen molar-refractivity contribution in [1.82, 2.24) is 0 Å². The van der Waals surface area contributed by atoms with E-state index in [-0.39, 0.29) is 11.8 Å². The Morgan fingerprint density at radius 1 is 0.889 bits per heavy atom. The van der Waals surface area contributed by atoms with E-state index in [0.717, 1.165) is 0 Å². The molecule has 0 aliphatic carbocycles. The summed E-state index contributed by atoms with van der Waals surface area (Å²) in [7, 11) is 2.97. The molecule has 1 rings (SSSR count). The molecule has 0 bridgehead atoms. The van der Waals surface area contributed by atoms with Gasteiger partial charge in [0.15, 0.2) is 0 Å². The average molecular weight is 252 g/mol. The van der Waals surface area contributed by atoms with Crippen LogP contribution in [0.4, 0.5) is 11.4 Å². The van der Waals surface area contributed by atoms with E-state index in [1.807, 2.05) is 0 Å². The Kier molecular flexibility index (Phi) is 4.53. The fourth-order valence-electron chi connectivity index (χ4n) is 1.47. The van der Waals surface area contributed by atoms with Gasteiger partial charge in [0.1, 0.15) is 11.5 Å². The SMILES string of the molecule is COc1cc(OC)c(NC(C)=O)cc1NC(C)=O. The number of anilines is 2. The fraction of sp³-hybridized carbons (Fsp3) is 0.333. The normalized spacial score (nSPS) is 9.56. The van der Waals surface area contributed by atoms with Gasteiger partial charge in [0.05, 0.1) is 25.6 Å². The highest BCUT2D eigenvalue weighted by Gasteiger charge is 2.12. The third kappa shape index (κ3) is 3.38. The van der Waals surface area contributed by atoms with Crippen molar-refractivity contribution in [2.45, 2.75) is 13.8 Å². The highest BCUT2D eigenvalue weighted by Crippen LogP contribution is 2.36. The van der Waals surface area contributed by atoms with E-state index in [1.165, 1.54) is 28.1 Å². The van der Waals surface area contributed by atoms with Crippen LogP contribution in [0.3, 0.4) is 0 Å². The smallest absolute Gasteiger partial charge is 0.221 e. The number of hydrogen-bond acceptors (Lipinski definition) is 4. The van der Waals surface area contributed by atoms with E-state index >= 15 is 0 Å². The maximum atomic E-state index is 11.1. The molecule has 2 amide bonds. The molecule has 0 unspecified atom stereocenters. The number of rotatable bonds is 4. The van der Waals surface area contributed by atoms with E-state index in [4.69, 9.17) is 9.47 Å². The first-order chi connectivity index (χ1) is 8.47.